The molecule has 8 heteroatoms. The minimum Gasteiger partial charge on any atom is -0.478 e. The first-order valence-electron chi connectivity index (χ1n) is 5.09. The zero-order valence-corrected chi connectivity index (χ0v) is 9.08. The van der Waals surface area contributed by atoms with Gasteiger partial charge in [-0.15, -0.1) is 0 Å². The number of nitrogens with zero attached hydrogens (tertiary/aromatic N) is 1. The smallest absolute Gasteiger partial charge is 0.411 e. The number of alkyl halides is 3. The lowest BCUT2D eigenvalue weighted by molar-refractivity contribution is -0.151. The van der Waals surface area contributed by atoms with E-state index < -0.39 is 17.7 Å². The standard InChI is InChI=1S/C10H10F3N3O2/c11-10(12,13)9(1-2-9)16-7-6(14)3-5(4-15-7)8(17)18/h3-4H,1-2,14H2,(H,15,16)(H,17,18). The molecule has 0 unspecified atom stereocenters. The third-order valence-corrected chi connectivity index (χ3v) is 2.81. The third-order valence-electron chi connectivity index (χ3n) is 2.81. The molecule has 5 nitrogen and oxygen atoms in total. The molecule has 0 aromatic carbocycles. The number of halogens is 3. The summed E-state index contributed by atoms with van der Waals surface area (Å²) in [5, 5.41) is 10.9. The number of nitrogens with two attached hydrogens (primary N) is 1. The van der Waals surface area contributed by atoms with Gasteiger partial charge >= 0.3 is 12.1 Å². The van der Waals surface area contributed by atoms with Crippen molar-refractivity contribution in [2.45, 2.75) is 24.6 Å². The van der Waals surface area contributed by atoms with E-state index in [-0.39, 0.29) is 29.9 Å². The SMILES string of the molecule is Nc1cc(C(=O)O)cnc1NC1(C(F)(F)F)CC1. The number of rotatable bonds is 3. The van der Waals surface area contributed by atoms with Gasteiger partial charge in [-0.05, 0) is 18.9 Å². The molecule has 1 fully saturated rings. The van der Waals surface area contributed by atoms with Gasteiger partial charge in [0.15, 0.2) is 0 Å². The van der Waals surface area contributed by atoms with Crippen molar-refractivity contribution in [1.82, 2.24) is 4.98 Å². The number of carboxylic acid groups (broad SMARTS) is 1. The number of nitrogens with one attached hydrogen (secondary N) is 1. The van der Waals surface area contributed by atoms with Gasteiger partial charge in [0.2, 0.25) is 0 Å². The summed E-state index contributed by atoms with van der Waals surface area (Å²) in [6.45, 7) is 0. The summed E-state index contributed by atoms with van der Waals surface area (Å²) in [6, 6.07) is 1.07. The molecular formula is C10H10F3N3O2. The monoisotopic (exact) mass is 261 g/mol. The molecule has 0 saturated heterocycles. The Balaban J connectivity index is 2.24. The molecule has 4 N–H and O–H groups in total. The number of carbonyl (C=O) groups is 1. The topological polar surface area (TPSA) is 88.2 Å². The van der Waals surface area contributed by atoms with Gasteiger partial charge in [0.1, 0.15) is 11.4 Å². The van der Waals surface area contributed by atoms with Crippen molar-refractivity contribution in [2.75, 3.05) is 11.1 Å². The summed E-state index contributed by atoms with van der Waals surface area (Å²) in [5.41, 5.74) is 3.22. The van der Waals surface area contributed by atoms with Gasteiger partial charge in [-0.2, -0.15) is 13.2 Å². The maximum Gasteiger partial charge on any atom is 0.411 e. The van der Waals surface area contributed by atoms with Crippen molar-refractivity contribution in [2.24, 2.45) is 0 Å². The Morgan fingerprint density at radius 2 is 2.11 bits per heavy atom. The van der Waals surface area contributed by atoms with Gasteiger partial charge in [-0.3, -0.25) is 0 Å². The van der Waals surface area contributed by atoms with Gasteiger partial charge in [-0.1, -0.05) is 0 Å². The fourth-order valence-corrected chi connectivity index (χ4v) is 1.53. The van der Waals surface area contributed by atoms with Crippen LogP contribution in [0.3, 0.4) is 0 Å². The lowest BCUT2D eigenvalue weighted by atomic mass is 10.2. The zero-order chi connectivity index (χ0) is 13.6. The molecule has 1 heterocycles. The Kier molecular flexibility index (Phi) is 2.60. The molecule has 1 aromatic heterocycles. The molecule has 0 atom stereocenters. The van der Waals surface area contributed by atoms with Crippen molar-refractivity contribution in [3.8, 4) is 0 Å². The fourth-order valence-electron chi connectivity index (χ4n) is 1.53. The molecule has 1 aliphatic rings. The summed E-state index contributed by atoms with van der Waals surface area (Å²) in [6.07, 6.45) is -3.50. The molecule has 0 bridgehead atoms. The van der Waals surface area contributed by atoms with Crippen LogP contribution >= 0.6 is 0 Å². The maximum atomic E-state index is 12.7. The molecule has 1 aromatic rings. The van der Waals surface area contributed by atoms with Crippen LogP contribution in [-0.2, 0) is 0 Å². The Morgan fingerprint density at radius 1 is 1.50 bits per heavy atom. The highest BCUT2D eigenvalue weighted by Gasteiger charge is 2.63. The summed E-state index contributed by atoms with van der Waals surface area (Å²) >= 11 is 0. The molecular weight excluding hydrogens is 251 g/mol. The van der Waals surface area contributed by atoms with Gasteiger partial charge in [0, 0.05) is 6.20 Å². The van der Waals surface area contributed by atoms with Crippen molar-refractivity contribution >= 4 is 17.5 Å². The third kappa shape index (κ3) is 2.05. The van der Waals surface area contributed by atoms with Crippen molar-refractivity contribution in [1.29, 1.82) is 0 Å². The minimum absolute atomic E-state index is 0.0434. The van der Waals surface area contributed by atoms with Crippen LogP contribution in [0.1, 0.15) is 23.2 Å². The summed E-state index contributed by atoms with van der Waals surface area (Å²) in [7, 11) is 0. The Hall–Kier alpha value is -1.99. The molecule has 0 spiro atoms. The first-order valence-corrected chi connectivity index (χ1v) is 5.09. The van der Waals surface area contributed by atoms with Crippen LogP contribution in [0.15, 0.2) is 12.3 Å². The van der Waals surface area contributed by atoms with E-state index in [0.717, 1.165) is 12.3 Å². The van der Waals surface area contributed by atoms with Crippen molar-refractivity contribution in [3.05, 3.63) is 17.8 Å². The van der Waals surface area contributed by atoms with E-state index >= 15 is 0 Å². The van der Waals surface area contributed by atoms with E-state index in [1.54, 1.807) is 0 Å². The minimum atomic E-state index is -4.38. The van der Waals surface area contributed by atoms with Crippen LogP contribution in [0.4, 0.5) is 24.7 Å². The zero-order valence-electron chi connectivity index (χ0n) is 9.08. The van der Waals surface area contributed by atoms with Crippen LogP contribution in [0, 0.1) is 0 Å². The van der Waals surface area contributed by atoms with Crippen molar-refractivity contribution < 1.29 is 23.1 Å². The lowest BCUT2D eigenvalue weighted by Crippen LogP contribution is -2.39. The normalized spacial score (nSPS) is 17.3. The average Bonchev–Trinajstić information content (AvgIpc) is 3.01. The van der Waals surface area contributed by atoms with Crippen molar-refractivity contribution in [3.63, 3.8) is 0 Å². The molecule has 0 aliphatic heterocycles. The molecule has 0 radical (unpaired) electrons. The number of hydrogen-bond donors (Lipinski definition) is 3. The van der Waals surface area contributed by atoms with E-state index in [2.05, 4.69) is 10.3 Å². The second-order valence-electron chi connectivity index (χ2n) is 4.17. The first-order chi connectivity index (χ1) is 8.25. The summed E-state index contributed by atoms with van der Waals surface area (Å²) in [4.78, 5) is 14.2. The second kappa shape index (κ2) is 3.76. The Labute approximate surface area is 99.8 Å². The molecule has 2 rings (SSSR count). The van der Waals surface area contributed by atoms with E-state index in [1.807, 2.05) is 0 Å². The average molecular weight is 261 g/mol. The Morgan fingerprint density at radius 3 is 2.50 bits per heavy atom. The fraction of sp³-hybridized carbons (Fsp3) is 0.400. The summed E-state index contributed by atoms with van der Waals surface area (Å²) < 4.78 is 38.1. The lowest BCUT2D eigenvalue weighted by Gasteiger charge is -2.22. The first kappa shape index (κ1) is 12.5. The van der Waals surface area contributed by atoms with Gasteiger partial charge < -0.3 is 16.2 Å². The molecule has 0 amide bonds. The highest BCUT2D eigenvalue weighted by Crippen LogP contribution is 2.51. The van der Waals surface area contributed by atoms with Crippen LogP contribution in [0.25, 0.3) is 0 Å². The summed E-state index contributed by atoms with van der Waals surface area (Å²) in [5.74, 6) is -1.38. The quantitative estimate of drug-likeness (QED) is 0.773. The number of aromatic nitrogens is 1. The number of nitrogen functional groups attached to an aromatic ring is 1. The molecule has 1 saturated carbocycles. The van der Waals surface area contributed by atoms with E-state index in [4.69, 9.17) is 10.8 Å². The second-order valence-corrected chi connectivity index (χ2v) is 4.17. The number of hydrogen-bond acceptors (Lipinski definition) is 4. The predicted octanol–water partition coefficient (Wildman–Crippen LogP) is 1.87. The molecule has 1 aliphatic carbocycles. The molecule has 98 valence electrons. The number of anilines is 2. The predicted molar refractivity (Wildman–Crippen MR) is 57.3 cm³/mol. The van der Waals surface area contributed by atoms with Crippen LogP contribution in [-0.4, -0.2) is 27.8 Å². The Bertz CT molecular complexity index is 498. The van der Waals surface area contributed by atoms with Gasteiger partial charge in [-0.25, -0.2) is 9.78 Å². The largest absolute Gasteiger partial charge is 0.478 e. The highest BCUT2D eigenvalue weighted by molar-refractivity contribution is 5.89. The van der Waals surface area contributed by atoms with Crippen LogP contribution in [0.2, 0.25) is 0 Å². The van der Waals surface area contributed by atoms with E-state index in [1.165, 1.54) is 0 Å². The van der Waals surface area contributed by atoms with Crippen LogP contribution in [0.5, 0.6) is 0 Å². The van der Waals surface area contributed by atoms with Crippen LogP contribution < -0.4 is 11.1 Å². The highest BCUT2D eigenvalue weighted by atomic mass is 19.4. The number of pyridine rings is 1. The van der Waals surface area contributed by atoms with E-state index in [9.17, 15) is 18.0 Å². The van der Waals surface area contributed by atoms with Gasteiger partial charge in [0.25, 0.3) is 0 Å². The number of carboxylic acids is 1. The maximum absolute atomic E-state index is 12.7. The van der Waals surface area contributed by atoms with E-state index in [0.29, 0.717) is 0 Å². The molecule has 18 heavy (non-hydrogen) atoms. The number of aromatic carboxylic acids is 1. The van der Waals surface area contributed by atoms with Gasteiger partial charge in [0.05, 0.1) is 11.3 Å².